The number of carboxylic acids is 1. The molecule has 5 nitrogen and oxygen atoms in total. The molecule has 1 amide bonds. The lowest BCUT2D eigenvalue weighted by molar-refractivity contribution is -0.138. The molecule has 0 aliphatic heterocycles. The lowest BCUT2D eigenvalue weighted by Crippen LogP contribution is -2.38. The first-order valence-corrected chi connectivity index (χ1v) is 5.95. The topological polar surface area (TPSA) is 79.3 Å². The van der Waals surface area contributed by atoms with E-state index >= 15 is 0 Å². The third-order valence-electron chi connectivity index (χ3n) is 2.60. The van der Waals surface area contributed by atoms with Gasteiger partial charge in [0.1, 0.15) is 11.7 Å². The van der Waals surface area contributed by atoms with Crippen LogP contribution in [0.4, 0.5) is 0 Å². The van der Waals surface area contributed by atoms with Crippen LogP contribution in [0.25, 0.3) is 10.9 Å². The molecule has 0 spiro atoms. The molecule has 98 valence electrons. The van der Waals surface area contributed by atoms with Gasteiger partial charge in [-0.2, -0.15) is 0 Å². The summed E-state index contributed by atoms with van der Waals surface area (Å²) in [7, 11) is 0. The van der Waals surface area contributed by atoms with E-state index in [1.807, 2.05) is 0 Å². The van der Waals surface area contributed by atoms with Crippen molar-refractivity contribution in [2.24, 2.45) is 0 Å². The summed E-state index contributed by atoms with van der Waals surface area (Å²) < 4.78 is 0. The fourth-order valence-corrected chi connectivity index (χ4v) is 1.72. The van der Waals surface area contributed by atoms with E-state index in [2.05, 4.69) is 10.3 Å². The van der Waals surface area contributed by atoms with Gasteiger partial charge in [0, 0.05) is 10.4 Å². The summed E-state index contributed by atoms with van der Waals surface area (Å²) >= 11 is 5.86. The average Bonchev–Trinajstić information content (AvgIpc) is 2.37. The van der Waals surface area contributed by atoms with Gasteiger partial charge >= 0.3 is 5.97 Å². The molecular formula is C13H11ClN2O3. The van der Waals surface area contributed by atoms with Gasteiger partial charge in [-0.1, -0.05) is 23.7 Å². The smallest absolute Gasteiger partial charge is 0.325 e. The van der Waals surface area contributed by atoms with E-state index in [9.17, 15) is 9.59 Å². The standard InChI is InChI=1S/C13H11ClN2O3/c1-7(13(18)19)15-12(17)10-5-3-8-2-4-9(14)6-11(8)16-10/h2-7H,1H3,(H,15,17)(H,18,19). The Hall–Kier alpha value is -2.14. The second-order valence-corrected chi connectivity index (χ2v) is 4.50. The molecule has 0 bridgehead atoms. The Bertz CT molecular complexity index is 657. The summed E-state index contributed by atoms with van der Waals surface area (Å²) in [6, 6.07) is 7.49. The van der Waals surface area contributed by atoms with Gasteiger partial charge in [-0.25, -0.2) is 4.98 Å². The van der Waals surface area contributed by atoms with E-state index in [-0.39, 0.29) is 5.69 Å². The predicted molar refractivity (Wildman–Crippen MR) is 71.3 cm³/mol. The van der Waals surface area contributed by atoms with Crippen molar-refractivity contribution < 1.29 is 14.7 Å². The number of nitrogens with zero attached hydrogens (tertiary/aromatic N) is 1. The molecule has 0 aliphatic carbocycles. The number of fused-ring (bicyclic) bond motifs is 1. The third kappa shape index (κ3) is 3.00. The molecule has 0 saturated heterocycles. The molecule has 0 fully saturated rings. The van der Waals surface area contributed by atoms with E-state index in [0.717, 1.165) is 5.39 Å². The van der Waals surface area contributed by atoms with E-state index in [0.29, 0.717) is 10.5 Å². The second kappa shape index (κ2) is 5.24. The number of amides is 1. The van der Waals surface area contributed by atoms with Gasteiger partial charge in [-0.3, -0.25) is 9.59 Å². The van der Waals surface area contributed by atoms with Crippen molar-refractivity contribution in [1.82, 2.24) is 10.3 Å². The summed E-state index contributed by atoms with van der Waals surface area (Å²) in [5, 5.41) is 12.5. The lowest BCUT2D eigenvalue weighted by atomic mass is 10.2. The lowest BCUT2D eigenvalue weighted by Gasteiger charge is -2.09. The molecule has 0 saturated carbocycles. The molecule has 1 atom stereocenters. The van der Waals surface area contributed by atoms with E-state index in [1.54, 1.807) is 30.3 Å². The first kappa shape index (κ1) is 13.3. The maximum Gasteiger partial charge on any atom is 0.325 e. The van der Waals surface area contributed by atoms with Crippen LogP contribution in [0, 0.1) is 0 Å². The van der Waals surface area contributed by atoms with Gasteiger partial charge in [0.05, 0.1) is 5.52 Å². The number of hydrogen-bond acceptors (Lipinski definition) is 3. The van der Waals surface area contributed by atoms with E-state index in [4.69, 9.17) is 16.7 Å². The Morgan fingerprint density at radius 1 is 1.32 bits per heavy atom. The fourth-order valence-electron chi connectivity index (χ4n) is 1.55. The quantitative estimate of drug-likeness (QED) is 0.901. The molecule has 2 rings (SSSR count). The number of benzene rings is 1. The Labute approximate surface area is 114 Å². The van der Waals surface area contributed by atoms with Gasteiger partial charge in [-0.15, -0.1) is 0 Å². The molecule has 6 heteroatoms. The van der Waals surface area contributed by atoms with Crippen LogP contribution in [0.1, 0.15) is 17.4 Å². The van der Waals surface area contributed by atoms with Crippen LogP contribution in [0.3, 0.4) is 0 Å². The predicted octanol–water partition coefficient (Wildman–Crippen LogP) is 2.09. The van der Waals surface area contributed by atoms with Gasteiger partial charge in [0.25, 0.3) is 5.91 Å². The minimum absolute atomic E-state index is 0.155. The SMILES string of the molecule is CC(NC(=O)c1ccc2ccc(Cl)cc2n1)C(=O)O. The van der Waals surface area contributed by atoms with Crippen LogP contribution in [-0.2, 0) is 4.79 Å². The zero-order chi connectivity index (χ0) is 14.0. The minimum atomic E-state index is -1.10. The summed E-state index contributed by atoms with van der Waals surface area (Å²) in [6.07, 6.45) is 0. The molecule has 0 radical (unpaired) electrons. The van der Waals surface area contributed by atoms with Gasteiger partial charge in [0.2, 0.25) is 0 Å². The zero-order valence-corrected chi connectivity index (χ0v) is 10.8. The minimum Gasteiger partial charge on any atom is -0.480 e. The molecule has 2 aromatic rings. The van der Waals surface area contributed by atoms with Gasteiger partial charge in [0.15, 0.2) is 0 Å². The van der Waals surface area contributed by atoms with Crippen molar-refractivity contribution in [2.75, 3.05) is 0 Å². The first-order chi connectivity index (χ1) is 8.97. The number of hydrogen-bond donors (Lipinski definition) is 2. The van der Waals surface area contributed by atoms with E-state index < -0.39 is 17.9 Å². The third-order valence-corrected chi connectivity index (χ3v) is 2.84. The number of aliphatic carboxylic acids is 1. The largest absolute Gasteiger partial charge is 0.480 e. The Kier molecular flexibility index (Phi) is 3.66. The van der Waals surface area contributed by atoms with Gasteiger partial charge in [-0.05, 0) is 25.1 Å². The number of carboxylic acid groups (broad SMARTS) is 1. The first-order valence-electron chi connectivity index (χ1n) is 5.57. The highest BCUT2D eigenvalue weighted by Crippen LogP contribution is 2.17. The van der Waals surface area contributed by atoms with Gasteiger partial charge < -0.3 is 10.4 Å². The highest BCUT2D eigenvalue weighted by Gasteiger charge is 2.16. The maximum atomic E-state index is 11.8. The Balaban J connectivity index is 2.30. The molecule has 19 heavy (non-hydrogen) atoms. The normalized spacial score (nSPS) is 12.1. The second-order valence-electron chi connectivity index (χ2n) is 4.07. The van der Waals surface area contributed by atoms with Crippen LogP contribution in [0.5, 0.6) is 0 Å². The van der Waals surface area contributed by atoms with Crippen molar-refractivity contribution in [3.05, 3.63) is 41.0 Å². The van der Waals surface area contributed by atoms with Crippen LogP contribution in [0.2, 0.25) is 5.02 Å². The monoisotopic (exact) mass is 278 g/mol. The number of carbonyl (C=O) groups excluding carboxylic acids is 1. The van der Waals surface area contributed by atoms with Crippen molar-refractivity contribution in [3.63, 3.8) is 0 Å². The van der Waals surface area contributed by atoms with Crippen LogP contribution >= 0.6 is 11.6 Å². The van der Waals surface area contributed by atoms with Crippen molar-refractivity contribution in [2.45, 2.75) is 13.0 Å². The Morgan fingerprint density at radius 3 is 2.68 bits per heavy atom. The summed E-state index contributed by atoms with van der Waals surface area (Å²) in [6.45, 7) is 1.39. The highest BCUT2D eigenvalue weighted by molar-refractivity contribution is 6.31. The number of pyridine rings is 1. The Morgan fingerprint density at radius 2 is 2.00 bits per heavy atom. The van der Waals surface area contributed by atoms with Crippen LogP contribution in [-0.4, -0.2) is 28.0 Å². The molecule has 1 heterocycles. The molecule has 0 aliphatic rings. The molecule has 1 unspecified atom stereocenters. The highest BCUT2D eigenvalue weighted by atomic mass is 35.5. The summed E-state index contributed by atoms with van der Waals surface area (Å²) in [5.41, 5.74) is 0.742. The number of aromatic nitrogens is 1. The average molecular weight is 279 g/mol. The maximum absolute atomic E-state index is 11.8. The molecule has 1 aromatic carbocycles. The van der Waals surface area contributed by atoms with E-state index in [1.165, 1.54) is 6.92 Å². The molecule has 2 N–H and O–H groups in total. The zero-order valence-electron chi connectivity index (χ0n) is 10.1. The van der Waals surface area contributed by atoms with Crippen LogP contribution in [0.15, 0.2) is 30.3 Å². The number of carbonyl (C=O) groups is 2. The summed E-state index contributed by atoms with van der Waals surface area (Å²) in [4.78, 5) is 26.6. The number of rotatable bonds is 3. The van der Waals surface area contributed by atoms with Crippen molar-refractivity contribution in [1.29, 1.82) is 0 Å². The molecular weight excluding hydrogens is 268 g/mol. The fraction of sp³-hybridized carbons (Fsp3) is 0.154. The summed E-state index contributed by atoms with van der Waals surface area (Å²) in [5.74, 6) is -1.63. The molecule has 1 aromatic heterocycles. The number of nitrogens with one attached hydrogen (secondary N) is 1. The van der Waals surface area contributed by atoms with Crippen LogP contribution < -0.4 is 5.32 Å². The van der Waals surface area contributed by atoms with Crippen molar-refractivity contribution >= 4 is 34.4 Å². The number of halogens is 1. The van der Waals surface area contributed by atoms with Crippen molar-refractivity contribution in [3.8, 4) is 0 Å².